The van der Waals surface area contributed by atoms with Gasteiger partial charge in [-0.15, -0.1) is 11.3 Å². The number of pyridine rings is 2. The van der Waals surface area contributed by atoms with Crippen LogP contribution in [-0.4, -0.2) is 45.4 Å². The molecular formula is C20H22N6OS. The number of hydrogen-bond acceptors (Lipinski definition) is 7. The second-order valence-corrected chi connectivity index (χ2v) is 7.64. The van der Waals surface area contributed by atoms with Crippen LogP contribution in [0.4, 0.5) is 16.8 Å². The van der Waals surface area contributed by atoms with Gasteiger partial charge in [0.25, 0.3) is 0 Å². The van der Waals surface area contributed by atoms with Crippen LogP contribution in [0.5, 0.6) is 0 Å². The number of aromatic nitrogens is 3. The van der Waals surface area contributed by atoms with Crippen LogP contribution in [0.1, 0.15) is 24.5 Å². The molecule has 4 heterocycles. The number of rotatable bonds is 6. The molecule has 1 saturated heterocycles. The normalized spacial score (nSPS) is 17.2. The van der Waals surface area contributed by atoms with Crippen LogP contribution in [0, 0.1) is 0 Å². The molecule has 1 atom stereocenters. The fourth-order valence-electron chi connectivity index (χ4n) is 3.40. The van der Waals surface area contributed by atoms with Crippen molar-refractivity contribution in [2.24, 2.45) is 0 Å². The minimum absolute atomic E-state index is 0.0193. The van der Waals surface area contributed by atoms with Gasteiger partial charge in [0.2, 0.25) is 5.91 Å². The van der Waals surface area contributed by atoms with Gasteiger partial charge < -0.3 is 10.6 Å². The molecule has 0 bridgehead atoms. The van der Waals surface area contributed by atoms with Gasteiger partial charge in [0.1, 0.15) is 11.6 Å². The predicted molar refractivity (Wildman–Crippen MR) is 111 cm³/mol. The molecule has 3 aromatic rings. The van der Waals surface area contributed by atoms with Crippen molar-refractivity contribution >= 4 is 34.0 Å². The van der Waals surface area contributed by atoms with Crippen molar-refractivity contribution < 1.29 is 4.79 Å². The molecule has 0 radical (unpaired) electrons. The summed E-state index contributed by atoms with van der Waals surface area (Å²) < 4.78 is 0. The zero-order valence-electron chi connectivity index (χ0n) is 15.4. The van der Waals surface area contributed by atoms with E-state index < -0.39 is 0 Å². The van der Waals surface area contributed by atoms with E-state index in [0.29, 0.717) is 17.6 Å². The molecule has 8 heteroatoms. The second-order valence-electron chi connectivity index (χ2n) is 6.75. The third kappa shape index (κ3) is 4.90. The third-order valence-corrected chi connectivity index (χ3v) is 5.35. The van der Waals surface area contributed by atoms with E-state index >= 15 is 0 Å². The highest BCUT2D eigenvalue weighted by molar-refractivity contribution is 7.13. The number of hydrogen-bond donors (Lipinski definition) is 2. The average molecular weight is 395 g/mol. The minimum Gasteiger partial charge on any atom is -0.325 e. The molecule has 28 heavy (non-hydrogen) atoms. The van der Waals surface area contributed by atoms with E-state index in [2.05, 4.69) is 31.6 Å². The Bertz CT molecular complexity index is 902. The highest BCUT2D eigenvalue weighted by Gasteiger charge is 2.24. The summed E-state index contributed by atoms with van der Waals surface area (Å²) in [6, 6.07) is 11.8. The number of carbonyl (C=O) groups is 1. The summed E-state index contributed by atoms with van der Waals surface area (Å²) in [6.07, 6.45) is 5.57. The Morgan fingerprint density at radius 3 is 2.89 bits per heavy atom. The van der Waals surface area contributed by atoms with Crippen LogP contribution in [0.15, 0.2) is 54.2 Å². The lowest BCUT2D eigenvalue weighted by molar-refractivity contribution is -0.117. The van der Waals surface area contributed by atoms with E-state index in [1.807, 2.05) is 35.7 Å². The number of nitrogens with one attached hydrogen (secondary N) is 2. The largest absolute Gasteiger partial charge is 0.325 e. The molecule has 0 saturated carbocycles. The van der Waals surface area contributed by atoms with Crippen molar-refractivity contribution in [1.29, 1.82) is 0 Å². The van der Waals surface area contributed by atoms with Crippen LogP contribution >= 0.6 is 11.3 Å². The molecule has 1 unspecified atom stereocenters. The van der Waals surface area contributed by atoms with Gasteiger partial charge in [-0.1, -0.05) is 12.1 Å². The number of likely N-dealkylation sites (tertiary alicyclic amines) is 1. The van der Waals surface area contributed by atoms with Crippen LogP contribution in [0.3, 0.4) is 0 Å². The first-order valence-electron chi connectivity index (χ1n) is 9.33. The lowest BCUT2D eigenvalue weighted by Gasteiger charge is -2.32. The molecule has 0 aliphatic carbocycles. The fourth-order valence-corrected chi connectivity index (χ4v) is 3.95. The van der Waals surface area contributed by atoms with Gasteiger partial charge in [-0.3, -0.25) is 9.69 Å². The van der Waals surface area contributed by atoms with Crippen LogP contribution in [-0.2, 0) is 4.79 Å². The summed E-state index contributed by atoms with van der Waals surface area (Å²) in [7, 11) is 0. The first kappa shape index (κ1) is 18.5. The van der Waals surface area contributed by atoms with Gasteiger partial charge in [-0.2, -0.15) is 0 Å². The number of nitrogens with zero attached hydrogens (tertiary/aromatic N) is 4. The van der Waals surface area contributed by atoms with Crippen molar-refractivity contribution in [3.8, 4) is 0 Å². The molecule has 4 rings (SSSR count). The SMILES string of the molecule is O=C(CN1CCCC(c2cccc(Nc3ccccn3)n2)C1)Nc1nccs1. The van der Waals surface area contributed by atoms with Gasteiger partial charge in [0.05, 0.1) is 6.54 Å². The lowest BCUT2D eigenvalue weighted by atomic mass is 9.94. The topological polar surface area (TPSA) is 83.0 Å². The molecule has 1 aliphatic heterocycles. The minimum atomic E-state index is -0.0193. The molecule has 1 aliphatic rings. The Kier molecular flexibility index (Phi) is 5.89. The van der Waals surface area contributed by atoms with Gasteiger partial charge in [0.15, 0.2) is 5.13 Å². The van der Waals surface area contributed by atoms with Crippen LogP contribution in [0.25, 0.3) is 0 Å². The van der Waals surface area contributed by atoms with E-state index in [1.165, 1.54) is 11.3 Å². The quantitative estimate of drug-likeness (QED) is 0.666. The molecule has 1 amide bonds. The average Bonchev–Trinajstić information content (AvgIpc) is 3.22. The van der Waals surface area contributed by atoms with Crippen molar-refractivity contribution in [3.63, 3.8) is 0 Å². The van der Waals surface area contributed by atoms with Crippen molar-refractivity contribution in [1.82, 2.24) is 19.9 Å². The monoisotopic (exact) mass is 394 g/mol. The Morgan fingerprint density at radius 2 is 2.07 bits per heavy atom. The molecule has 0 spiro atoms. The molecular weight excluding hydrogens is 372 g/mol. The highest BCUT2D eigenvalue weighted by atomic mass is 32.1. The van der Waals surface area contributed by atoms with Gasteiger partial charge in [-0.25, -0.2) is 15.0 Å². The second kappa shape index (κ2) is 8.90. The van der Waals surface area contributed by atoms with E-state index in [9.17, 15) is 4.79 Å². The number of amides is 1. The number of carbonyl (C=O) groups excluding carboxylic acids is 1. The molecule has 7 nitrogen and oxygen atoms in total. The van der Waals surface area contributed by atoms with E-state index in [0.717, 1.165) is 43.3 Å². The molecule has 0 aromatic carbocycles. The van der Waals surface area contributed by atoms with Gasteiger partial charge >= 0.3 is 0 Å². The maximum Gasteiger partial charge on any atom is 0.240 e. The van der Waals surface area contributed by atoms with Crippen molar-refractivity contribution in [2.45, 2.75) is 18.8 Å². The van der Waals surface area contributed by atoms with Gasteiger partial charge in [0, 0.05) is 35.9 Å². The molecule has 1 fully saturated rings. The Hall–Kier alpha value is -2.84. The zero-order valence-corrected chi connectivity index (χ0v) is 16.2. The van der Waals surface area contributed by atoms with Crippen molar-refractivity contribution in [2.75, 3.05) is 30.3 Å². The number of anilines is 3. The Balaban J connectivity index is 1.37. The summed E-state index contributed by atoms with van der Waals surface area (Å²) in [6.45, 7) is 2.13. The molecule has 2 N–H and O–H groups in total. The number of thiazole rings is 1. The summed E-state index contributed by atoms with van der Waals surface area (Å²) in [5.41, 5.74) is 1.05. The standard InChI is InChI=1S/C20H22N6OS/c27-19(25-20-22-10-12-28-20)14-26-11-4-5-15(13-26)16-6-3-8-18(23-16)24-17-7-1-2-9-21-17/h1-3,6-10,12,15H,4-5,11,13-14H2,(H,21,23,24)(H,22,25,27). The van der Waals surface area contributed by atoms with Crippen molar-refractivity contribution in [3.05, 3.63) is 59.9 Å². The van der Waals surface area contributed by atoms with Crippen LogP contribution in [0.2, 0.25) is 0 Å². The first-order valence-corrected chi connectivity index (χ1v) is 10.2. The Morgan fingerprint density at radius 1 is 1.14 bits per heavy atom. The smallest absolute Gasteiger partial charge is 0.240 e. The maximum atomic E-state index is 12.3. The van der Waals surface area contributed by atoms with Gasteiger partial charge in [-0.05, 0) is 43.7 Å². The molecule has 3 aromatic heterocycles. The fraction of sp³-hybridized carbons (Fsp3) is 0.300. The van der Waals surface area contributed by atoms with Crippen LogP contribution < -0.4 is 10.6 Å². The third-order valence-electron chi connectivity index (χ3n) is 4.66. The van der Waals surface area contributed by atoms with E-state index in [-0.39, 0.29) is 5.91 Å². The molecule has 144 valence electrons. The maximum absolute atomic E-state index is 12.3. The van der Waals surface area contributed by atoms with E-state index in [1.54, 1.807) is 12.4 Å². The van der Waals surface area contributed by atoms with E-state index in [4.69, 9.17) is 4.98 Å². The first-order chi connectivity index (χ1) is 13.8. The lowest BCUT2D eigenvalue weighted by Crippen LogP contribution is -2.40. The Labute approximate surface area is 167 Å². The number of piperidine rings is 1. The summed E-state index contributed by atoms with van der Waals surface area (Å²) in [5, 5.41) is 8.60. The highest BCUT2D eigenvalue weighted by Crippen LogP contribution is 2.27. The predicted octanol–water partition coefficient (Wildman–Crippen LogP) is 3.49. The summed E-state index contributed by atoms with van der Waals surface area (Å²) in [5.74, 6) is 1.85. The summed E-state index contributed by atoms with van der Waals surface area (Å²) >= 11 is 1.43. The zero-order chi connectivity index (χ0) is 19.2. The summed E-state index contributed by atoms with van der Waals surface area (Å²) in [4.78, 5) is 27.6.